The van der Waals surface area contributed by atoms with Crippen LogP contribution in [-0.2, 0) is 10.0 Å². The van der Waals surface area contributed by atoms with Gasteiger partial charge in [0.15, 0.2) is 0 Å². The maximum absolute atomic E-state index is 11.7. The van der Waals surface area contributed by atoms with E-state index in [0.29, 0.717) is 19.0 Å². The van der Waals surface area contributed by atoms with E-state index in [1.165, 1.54) is 11.8 Å². The fourth-order valence-corrected chi connectivity index (χ4v) is 4.19. The number of piperidine rings is 1. The van der Waals surface area contributed by atoms with Gasteiger partial charge in [-0.25, -0.2) is 12.7 Å². The molecule has 0 radical (unpaired) electrons. The molecule has 1 aliphatic heterocycles. The highest BCUT2D eigenvalue weighted by atomic mass is 79.9. The predicted molar refractivity (Wildman–Crippen MR) is 89.6 cm³/mol. The summed E-state index contributed by atoms with van der Waals surface area (Å²) < 4.78 is 26.0. The van der Waals surface area contributed by atoms with E-state index < -0.39 is 10.0 Å². The summed E-state index contributed by atoms with van der Waals surface area (Å²) in [5.41, 5.74) is 8.60. The number of sulfonamides is 1. The fourth-order valence-electron chi connectivity index (χ4n) is 2.86. The van der Waals surface area contributed by atoms with E-state index in [4.69, 9.17) is 5.73 Å². The number of benzene rings is 1. The molecule has 0 aromatic heterocycles. The Bertz CT molecular complexity index is 604. The van der Waals surface area contributed by atoms with Crippen molar-refractivity contribution in [3.05, 3.63) is 33.8 Å². The van der Waals surface area contributed by atoms with Gasteiger partial charge in [0.2, 0.25) is 10.0 Å². The van der Waals surface area contributed by atoms with E-state index in [0.717, 1.165) is 29.3 Å². The maximum atomic E-state index is 11.7. The van der Waals surface area contributed by atoms with E-state index >= 15 is 0 Å². The first-order valence-corrected chi connectivity index (χ1v) is 9.88. The molecule has 1 saturated heterocycles. The number of aryl methyl sites for hydroxylation is 1. The van der Waals surface area contributed by atoms with E-state index in [1.54, 1.807) is 4.31 Å². The van der Waals surface area contributed by atoms with Crippen molar-refractivity contribution in [2.45, 2.75) is 32.2 Å². The second kappa shape index (κ2) is 6.77. The van der Waals surface area contributed by atoms with Crippen LogP contribution in [0.25, 0.3) is 0 Å². The predicted octanol–water partition coefficient (Wildman–Crippen LogP) is 2.82. The molecule has 0 amide bonds. The second-order valence-corrected chi connectivity index (χ2v) is 8.82. The quantitative estimate of drug-likeness (QED) is 0.880. The first-order chi connectivity index (χ1) is 9.77. The number of halogens is 1. The van der Waals surface area contributed by atoms with Crippen molar-refractivity contribution >= 4 is 26.0 Å². The minimum absolute atomic E-state index is 0.0496. The van der Waals surface area contributed by atoms with Crippen molar-refractivity contribution in [3.8, 4) is 0 Å². The molecule has 1 heterocycles. The summed E-state index contributed by atoms with van der Waals surface area (Å²) in [5.74, 6) is 0.337. The molecule has 0 aliphatic carbocycles. The molecule has 1 aromatic carbocycles. The largest absolute Gasteiger partial charge is 0.324 e. The average Bonchev–Trinajstić information content (AvgIpc) is 2.41. The lowest BCUT2D eigenvalue weighted by Crippen LogP contribution is -2.40. The Morgan fingerprint density at radius 2 is 2.19 bits per heavy atom. The molecule has 2 rings (SSSR count). The molecule has 21 heavy (non-hydrogen) atoms. The number of hydrogen-bond donors (Lipinski definition) is 1. The Hall–Kier alpha value is -0.430. The molecule has 1 fully saturated rings. The Morgan fingerprint density at radius 3 is 2.81 bits per heavy atom. The summed E-state index contributed by atoms with van der Waals surface area (Å²) in [6, 6.07) is 6.13. The Labute approximate surface area is 135 Å². The van der Waals surface area contributed by atoms with Crippen molar-refractivity contribution in [1.82, 2.24) is 4.31 Å². The van der Waals surface area contributed by atoms with Gasteiger partial charge >= 0.3 is 0 Å². The lowest BCUT2D eigenvalue weighted by atomic mass is 9.90. The molecule has 0 spiro atoms. The smallest absolute Gasteiger partial charge is 0.211 e. The molecule has 2 unspecified atom stereocenters. The van der Waals surface area contributed by atoms with Gasteiger partial charge in [-0.1, -0.05) is 28.1 Å². The average molecular weight is 375 g/mol. The summed E-state index contributed by atoms with van der Waals surface area (Å²) in [7, 11) is -3.09. The number of nitrogens with two attached hydrogens (primary N) is 1. The molecule has 0 bridgehead atoms. The summed E-state index contributed by atoms with van der Waals surface area (Å²) in [6.45, 7) is 3.28. The first kappa shape index (κ1) is 16.9. The van der Waals surface area contributed by atoms with Crippen LogP contribution < -0.4 is 5.73 Å². The van der Waals surface area contributed by atoms with Gasteiger partial charge in [-0.2, -0.15) is 0 Å². The Morgan fingerprint density at radius 1 is 1.48 bits per heavy atom. The topological polar surface area (TPSA) is 63.4 Å². The Kier molecular flexibility index (Phi) is 5.46. The number of nitrogens with zero attached hydrogens (tertiary/aromatic N) is 1. The molecular formula is C15H23BrN2O2S. The maximum Gasteiger partial charge on any atom is 0.211 e. The van der Waals surface area contributed by atoms with Crippen LogP contribution in [0.3, 0.4) is 0 Å². The first-order valence-electron chi connectivity index (χ1n) is 7.24. The second-order valence-electron chi connectivity index (χ2n) is 5.98. The summed E-state index contributed by atoms with van der Waals surface area (Å²) >= 11 is 3.53. The molecule has 2 atom stereocenters. The van der Waals surface area contributed by atoms with Crippen molar-refractivity contribution in [2.24, 2.45) is 11.7 Å². The highest BCUT2D eigenvalue weighted by Gasteiger charge is 2.27. The highest BCUT2D eigenvalue weighted by Crippen LogP contribution is 2.29. The van der Waals surface area contributed by atoms with Gasteiger partial charge in [-0.15, -0.1) is 0 Å². The SMILES string of the molecule is Cc1ccc(C(N)CC2CCCN(S(C)(=O)=O)C2)cc1Br. The minimum Gasteiger partial charge on any atom is -0.324 e. The van der Waals surface area contributed by atoms with E-state index in [-0.39, 0.29) is 6.04 Å². The van der Waals surface area contributed by atoms with Gasteiger partial charge in [0, 0.05) is 23.6 Å². The van der Waals surface area contributed by atoms with E-state index in [9.17, 15) is 8.42 Å². The van der Waals surface area contributed by atoms with Gasteiger partial charge in [-0.3, -0.25) is 0 Å². The van der Waals surface area contributed by atoms with Gasteiger partial charge in [0.1, 0.15) is 0 Å². The standard InChI is InChI=1S/C15H23BrN2O2S/c1-11-5-6-13(9-14(11)16)15(17)8-12-4-3-7-18(10-12)21(2,19)20/h5-6,9,12,15H,3-4,7-8,10,17H2,1-2H3. The van der Waals surface area contributed by atoms with Gasteiger partial charge in [0.25, 0.3) is 0 Å². The summed E-state index contributed by atoms with van der Waals surface area (Å²) in [5, 5.41) is 0. The molecule has 1 aromatic rings. The van der Waals surface area contributed by atoms with Crippen LogP contribution in [0.5, 0.6) is 0 Å². The normalized spacial score (nSPS) is 22.2. The molecule has 4 nitrogen and oxygen atoms in total. The van der Waals surface area contributed by atoms with Crippen LogP contribution in [0.4, 0.5) is 0 Å². The lowest BCUT2D eigenvalue weighted by molar-refractivity contribution is 0.247. The summed E-state index contributed by atoms with van der Waals surface area (Å²) in [6.07, 6.45) is 4.07. The van der Waals surface area contributed by atoms with Crippen molar-refractivity contribution in [3.63, 3.8) is 0 Å². The van der Waals surface area contributed by atoms with Crippen LogP contribution in [0, 0.1) is 12.8 Å². The third-order valence-corrected chi connectivity index (χ3v) is 6.29. The molecule has 2 N–H and O–H groups in total. The minimum atomic E-state index is -3.09. The lowest BCUT2D eigenvalue weighted by Gasteiger charge is -2.32. The van der Waals surface area contributed by atoms with Gasteiger partial charge in [-0.05, 0) is 49.3 Å². The fraction of sp³-hybridized carbons (Fsp3) is 0.600. The van der Waals surface area contributed by atoms with Crippen molar-refractivity contribution < 1.29 is 8.42 Å². The molecule has 118 valence electrons. The monoisotopic (exact) mass is 374 g/mol. The van der Waals surface area contributed by atoms with E-state index in [1.807, 2.05) is 6.92 Å². The van der Waals surface area contributed by atoms with Crippen molar-refractivity contribution in [2.75, 3.05) is 19.3 Å². The van der Waals surface area contributed by atoms with Crippen LogP contribution in [-0.4, -0.2) is 32.1 Å². The third kappa shape index (κ3) is 4.52. The zero-order valence-corrected chi connectivity index (χ0v) is 15.0. The molecule has 1 aliphatic rings. The molecule has 6 heteroatoms. The molecule has 0 saturated carbocycles. The van der Waals surface area contributed by atoms with Crippen LogP contribution in [0.1, 0.15) is 36.4 Å². The molecular weight excluding hydrogens is 352 g/mol. The van der Waals surface area contributed by atoms with E-state index in [2.05, 4.69) is 34.1 Å². The number of rotatable bonds is 4. The highest BCUT2D eigenvalue weighted by molar-refractivity contribution is 9.10. The zero-order valence-electron chi connectivity index (χ0n) is 12.5. The third-order valence-electron chi connectivity index (χ3n) is 4.16. The van der Waals surface area contributed by atoms with Gasteiger partial charge < -0.3 is 5.73 Å². The van der Waals surface area contributed by atoms with Crippen molar-refractivity contribution in [1.29, 1.82) is 0 Å². The van der Waals surface area contributed by atoms with Crippen LogP contribution in [0.2, 0.25) is 0 Å². The van der Waals surface area contributed by atoms with Gasteiger partial charge in [0.05, 0.1) is 6.26 Å². The summed E-state index contributed by atoms with van der Waals surface area (Å²) in [4.78, 5) is 0. The zero-order chi connectivity index (χ0) is 15.6. The van der Waals surface area contributed by atoms with Crippen LogP contribution in [0.15, 0.2) is 22.7 Å². The van der Waals surface area contributed by atoms with Crippen LogP contribution >= 0.6 is 15.9 Å². The number of hydrogen-bond acceptors (Lipinski definition) is 3. The Balaban J connectivity index is 2.02.